The molecule has 0 unspecified atom stereocenters. The number of hydrogen-bond acceptors (Lipinski definition) is 3. The lowest BCUT2D eigenvalue weighted by molar-refractivity contribution is 0.102. The Morgan fingerprint density at radius 1 is 1.18 bits per heavy atom. The molecule has 1 amide bonds. The van der Waals surface area contributed by atoms with Crippen molar-refractivity contribution in [2.45, 2.75) is 0 Å². The fraction of sp³-hybridized carbons (Fsp3) is 0. The molecular weight excluding hydrogens is 223 g/mol. The zero-order valence-electron chi connectivity index (χ0n) is 8.72. The number of carbonyl (C=O) groups excluding carboxylic acids is 1. The number of phenolic OH excluding ortho intramolecular Hbond substituents is 1. The first-order chi connectivity index (χ1) is 8.16. The molecule has 4 nitrogen and oxygen atoms in total. The lowest BCUT2D eigenvalue weighted by Gasteiger charge is -2.06. The van der Waals surface area contributed by atoms with Crippen molar-refractivity contribution < 1.29 is 14.3 Å². The van der Waals surface area contributed by atoms with Gasteiger partial charge in [0, 0.05) is 0 Å². The standard InChI is InChI=1S/C12H9FN2O2/c13-11-7-3-5-9(14-11)12(17)15-8-4-1-2-6-10(8)16/h1-7,16H,(H,15,17). The number of hydrogen-bond donors (Lipinski definition) is 2. The Kier molecular flexibility index (Phi) is 3.00. The first-order valence-electron chi connectivity index (χ1n) is 4.89. The summed E-state index contributed by atoms with van der Waals surface area (Å²) in [5.41, 5.74) is 0.205. The van der Waals surface area contributed by atoms with E-state index in [1.807, 2.05) is 0 Å². The van der Waals surface area contributed by atoms with Crippen molar-refractivity contribution in [3.8, 4) is 5.75 Å². The summed E-state index contributed by atoms with van der Waals surface area (Å²) in [7, 11) is 0. The number of halogens is 1. The number of nitrogens with zero attached hydrogens (tertiary/aromatic N) is 1. The third-order valence-corrected chi connectivity index (χ3v) is 2.10. The second kappa shape index (κ2) is 4.61. The van der Waals surface area contributed by atoms with Crippen LogP contribution in [-0.4, -0.2) is 16.0 Å². The molecular formula is C12H9FN2O2. The maximum atomic E-state index is 12.8. The summed E-state index contributed by atoms with van der Waals surface area (Å²) in [4.78, 5) is 15.1. The molecule has 0 spiro atoms. The normalized spacial score (nSPS) is 9.94. The van der Waals surface area contributed by atoms with Gasteiger partial charge in [0.15, 0.2) is 0 Å². The average molecular weight is 232 g/mol. The molecule has 0 saturated heterocycles. The number of nitrogens with one attached hydrogen (secondary N) is 1. The Bertz CT molecular complexity index is 558. The third-order valence-electron chi connectivity index (χ3n) is 2.10. The highest BCUT2D eigenvalue weighted by Crippen LogP contribution is 2.21. The second-order valence-electron chi connectivity index (χ2n) is 3.32. The zero-order chi connectivity index (χ0) is 12.3. The molecule has 0 aliphatic heterocycles. The van der Waals surface area contributed by atoms with Crippen LogP contribution in [0.25, 0.3) is 0 Å². The van der Waals surface area contributed by atoms with E-state index < -0.39 is 11.9 Å². The van der Waals surface area contributed by atoms with Crippen molar-refractivity contribution in [3.63, 3.8) is 0 Å². The molecule has 1 aromatic carbocycles. The molecule has 5 heteroatoms. The molecule has 1 heterocycles. The van der Waals surface area contributed by atoms with Gasteiger partial charge in [0.05, 0.1) is 5.69 Å². The number of carbonyl (C=O) groups is 1. The highest BCUT2D eigenvalue weighted by Gasteiger charge is 2.10. The van der Waals surface area contributed by atoms with Crippen LogP contribution in [0.1, 0.15) is 10.5 Å². The molecule has 2 rings (SSSR count). The van der Waals surface area contributed by atoms with Crippen LogP contribution >= 0.6 is 0 Å². The maximum absolute atomic E-state index is 12.8. The van der Waals surface area contributed by atoms with Crippen LogP contribution in [-0.2, 0) is 0 Å². The van der Waals surface area contributed by atoms with Crippen molar-refractivity contribution in [1.82, 2.24) is 4.98 Å². The van der Waals surface area contributed by atoms with Crippen molar-refractivity contribution in [3.05, 3.63) is 54.1 Å². The van der Waals surface area contributed by atoms with E-state index in [1.165, 1.54) is 24.3 Å². The van der Waals surface area contributed by atoms with E-state index in [-0.39, 0.29) is 17.1 Å². The van der Waals surface area contributed by atoms with E-state index in [0.717, 1.165) is 6.07 Å². The van der Waals surface area contributed by atoms with Crippen LogP contribution in [0.4, 0.5) is 10.1 Å². The van der Waals surface area contributed by atoms with Gasteiger partial charge in [-0.25, -0.2) is 4.98 Å². The van der Waals surface area contributed by atoms with Gasteiger partial charge in [0.2, 0.25) is 5.95 Å². The molecule has 0 bridgehead atoms. The highest BCUT2D eigenvalue weighted by atomic mass is 19.1. The fourth-order valence-electron chi connectivity index (χ4n) is 1.30. The Hall–Kier alpha value is -2.43. The summed E-state index contributed by atoms with van der Waals surface area (Å²) in [5.74, 6) is -1.36. The van der Waals surface area contributed by atoms with Gasteiger partial charge in [-0.2, -0.15) is 4.39 Å². The smallest absolute Gasteiger partial charge is 0.274 e. The van der Waals surface area contributed by atoms with E-state index >= 15 is 0 Å². The quantitative estimate of drug-likeness (QED) is 0.616. The topological polar surface area (TPSA) is 62.2 Å². The minimum atomic E-state index is -0.727. The molecule has 0 aliphatic rings. The number of benzene rings is 1. The van der Waals surface area contributed by atoms with Crippen LogP contribution in [0.3, 0.4) is 0 Å². The van der Waals surface area contributed by atoms with Gasteiger partial charge >= 0.3 is 0 Å². The predicted molar refractivity (Wildman–Crippen MR) is 60.3 cm³/mol. The number of para-hydroxylation sites is 2. The minimum absolute atomic E-state index is 0.0479. The molecule has 2 N–H and O–H groups in total. The number of phenols is 1. The van der Waals surface area contributed by atoms with Crippen LogP contribution in [0, 0.1) is 5.95 Å². The van der Waals surface area contributed by atoms with Gasteiger partial charge in [-0.1, -0.05) is 18.2 Å². The number of aromatic nitrogens is 1. The Balaban J connectivity index is 2.20. The SMILES string of the molecule is O=C(Nc1ccccc1O)c1cccc(F)n1. The Morgan fingerprint density at radius 2 is 1.94 bits per heavy atom. The molecule has 0 radical (unpaired) electrons. The number of rotatable bonds is 2. The van der Waals surface area contributed by atoms with Crippen molar-refractivity contribution in [1.29, 1.82) is 0 Å². The molecule has 0 saturated carbocycles. The average Bonchev–Trinajstić information content (AvgIpc) is 2.32. The number of aromatic hydroxyl groups is 1. The van der Waals surface area contributed by atoms with Crippen molar-refractivity contribution in [2.75, 3.05) is 5.32 Å². The molecule has 2 aromatic rings. The zero-order valence-corrected chi connectivity index (χ0v) is 8.72. The van der Waals surface area contributed by atoms with Crippen molar-refractivity contribution in [2.24, 2.45) is 0 Å². The molecule has 17 heavy (non-hydrogen) atoms. The van der Waals surface area contributed by atoms with E-state index in [2.05, 4.69) is 10.3 Å². The predicted octanol–water partition coefficient (Wildman–Crippen LogP) is 2.18. The molecule has 1 aromatic heterocycles. The van der Waals surface area contributed by atoms with E-state index in [1.54, 1.807) is 12.1 Å². The number of pyridine rings is 1. The first kappa shape index (κ1) is 11.1. The van der Waals surface area contributed by atoms with Gasteiger partial charge in [0.25, 0.3) is 5.91 Å². The summed E-state index contributed by atoms with van der Waals surface area (Å²) < 4.78 is 12.8. The van der Waals surface area contributed by atoms with Gasteiger partial charge in [0.1, 0.15) is 11.4 Å². The summed E-state index contributed by atoms with van der Waals surface area (Å²) in [5, 5.41) is 11.9. The van der Waals surface area contributed by atoms with Crippen LogP contribution < -0.4 is 5.32 Å². The maximum Gasteiger partial charge on any atom is 0.274 e. The lowest BCUT2D eigenvalue weighted by Crippen LogP contribution is -2.14. The third kappa shape index (κ3) is 2.57. The van der Waals surface area contributed by atoms with Gasteiger partial charge < -0.3 is 10.4 Å². The summed E-state index contributed by atoms with van der Waals surface area (Å²) in [6.45, 7) is 0. The monoisotopic (exact) mass is 232 g/mol. The van der Waals surface area contributed by atoms with E-state index in [4.69, 9.17) is 0 Å². The molecule has 0 atom stereocenters. The van der Waals surface area contributed by atoms with Crippen LogP contribution in [0.2, 0.25) is 0 Å². The lowest BCUT2D eigenvalue weighted by atomic mass is 10.2. The molecule has 0 aliphatic carbocycles. The van der Waals surface area contributed by atoms with E-state index in [0.29, 0.717) is 0 Å². The minimum Gasteiger partial charge on any atom is -0.506 e. The second-order valence-corrected chi connectivity index (χ2v) is 3.32. The Labute approximate surface area is 96.7 Å². The van der Waals surface area contributed by atoms with Gasteiger partial charge in [-0.3, -0.25) is 4.79 Å². The summed E-state index contributed by atoms with van der Waals surface area (Å²) in [6, 6.07) is 10.2. The Morgan fingerprint density at radius 3 is 2.65 bits per heavy atom. The summed E-state index contributed by atoms with van der Waals surface area (Å²) in [6.07, 6.45) is 0. The molecule has 0 fully saturated rings. The largest absolute Gasteiger partial charge is 0.506 e. The summed E-state index contributed by atoms with van der Waals surface area (Å²) >= 11 is 0. The van der Waals surface area contributed by atoms with Crippen LogP contribution in [0.5, 0.6) is 5.75 Å². The fourth-order valence-corrected chi connectivity index (χ4v) is 1.30. The van der Waals surface area contributed by atoms with Gasteiger partial charge in [-0.15, -0.1) is 0 Å². The van der Waals surface area contributed by atoms with Crippen molar-refractivity contribution >= 4 is 11.6 Å². The number of anilines is 1. The molecule has 86 valence electrons. The van der Waals surface area contributed by atoms with Gasteiger partial charge in [-0.05, 0) is 24.3 Å². The van der Waals surface area contributed by atoms with Crippen LogP contribution in [0.15, 0.2) is 42.5 Å². The highest BCUT2D eigenvalue weighted by molar-refractivity contribution is 6.03. The number of amides is 1. The van der Waals surface area contributed by atoms with E-state index in [9.17, 15) is 14.3 Å². The first-order valence-corrected chi connectivity index (χ1v) is 4.89.